The van der Waals surface area contributed by atoms with E-state index in [1.165, 1.54) is 24.8 Å². The molecule has 1 aromatic carbocycles. The highest BCUT2D eigenvalue weighted by Crippen LogP contribution is 2.21. The SMILES string of the molecule is O=C(c1ccc2c(=O)n(CCC3=CCCCC3)c(=S)[nH]c2c1)N1CCCCC1. The van der Waals surface area contributed by atoms with E-state index in [0.717, 1.165) is 45.2 Å². The number of carbonyl (C=O) groups is 1. The molecule has 4 rings (SSSR count). The van der Waals surface area contributed by atoms with Gasteiger partial charge in [-0.15, -0.1) is 0 Å². The molecule has 0 atom stereocenters. The Labute approximate surface area is 170 Å². The minimum absolute atomic E-state index is 0.0364. The van der Waals surface area contributed by atoms with Crippen LogP contribution in [0.5, 0.6) is 0 Å². The van der Waals surface area contributed by atoms with Gasteiger partial charge in [0.15, 0.2) is 4.77 Å². The zero-order valence-corrected chi connectivity index (χ0v) is 17.0. The highest BCUT2D eigenvalue weighted by molar-refractivity contribution is 7.71. The van der Waals surface area contributed by atoms with Crippen LogP contribution in [-0.4, -0.2) is 33.4 Å². The molecule has 148 valence electrons. The van der Waals surface area contributed by atoms with Gasteiger partial charge < -0.3 is 9.88 Å². The molecule has 1 aliphatic carbocycles. The molecule has 0 saturated carbocycles. The Morgan fingerprint density at radius 3 is 2.68 bits per heavy atom. The predicted molar refractivity (Wildman–Crippen MR) is 114 cm³/mol. The molecular weight excluding hydrogens is 370 g/mol. The lowest BCUT2D eigenvalue weighted by Gasteiger charge is -2.26. The van der Waals surface area contributed by atoms with Crippen LogP contribution in [0.3, 0.4) is 0 Å². The van der Waals surface area contributed by atoms with Gasteiger partial charge in [-0.2, -0.15) is 0 Å². The lowest BCUT2D eigenvalue weighted by molar-refractivity contribution is 0.0724. The average molecular weight is 398 g/mol. The molecule has 2 heterocycles. The van der Waals surface area contributed by atoms with E-state index in [1.54, 1.807) is 22.8 Å². The van der Waals surface area contributed by atoms with E-state index < -0.39 is 0 Å². The smallest absolute Gasteiger partial charge is 0.262 e. The number of nitrogens with zero attached hydrogens (tertiary/aromatic N) is 2. The molecule has 2 aromatic rings. The molecule has 1 fully saturated rings. The minimum atomic E-state index is -0.0767. The summed E-state index contributed by atoms with van der Waals surface area (Å²) in [7, 11) is 0. The lowest BCUT2D eigenvalue weighted by Crippen LogP contribution is -2.35. The first kappa shape index (κ1) is 19.1. The van der Waals surface area contributed by atoms with Crippen molar-refractivity contribution < 1.29 is 4.79 Å². The van der Waals surface area contributed by atoms with Crippen molar-refractivity contribution in [1.29, 1.82) is 0 Å². The fraction of sp³-hybridized carbons (Fsp3) is 0.500. The molecular formula is C22H27N3O2S. The number of hydrogen-bond acceptors (Lipinski definition) is 3. The quantitative estimate of drug-likeness (QED) is 0.607. The molecule has 1 saturated heterocycles. The van der Waals surface area contributed by atoms with Crippen LogP contribution >= 0.6 is 12.2 Å². The predicted octanol–water partition coefficient (Wildman–Crippen LogP) is 4.58. The second-order valence-corrected chi connectivity index (χ2v) is 8.25. The number of benzene rings is 1. The van der Waals surface area contributed by atoms with Crippen molar-refractivity contribution in [2.45, 2.75) is 57.9 Å². The molecule has 2 aliphatic rings. The number of piperidine rings is 1. The molecule has 0 bridgehead atoms. The number of aromatic nitrogens is 2. The number of allylic oxidation sites excluding steroid dienone is 2. The number of amides is 1. The number of fused-ring (bicyclic) bond motifs is 1. The van der Waals surface area contributed by atoms with Gasteiger partial charge in [-0.3, -0.25) is 14.2 Å². The fourth-order valence-electron chi connectivity index (χ4n) is 4.26. The first-order chi connectivity index (χ1) is 13.6. The number of rotatable bonds is 4. The zero-order valence-electron chi connectivity index (χ0n) is 16.2. The minimum Gasteiger partial charge on any atom is -0.339 e. The highest BCUT2D eigenvalue weighted by Gasteiger charge is 2.19. The van der Waals surface area contributed by atoms with Gasteiger partial charge in [-0.25, -0.2) is 0 Å². The summed E-state index contributed by atoms with van der Waals surface area (Å²) in [6, 6.07) is 5.31. The van der Waals surface area contributed by atoms with Crippen molar-refractivity contribution >= 4 is 29.0 Å². The molecule has 1 N–H and O–H groups in total. The topological polar surface area (TPSA) is 58.1 Å². The molecule has 1 aromatic heterocycles. The average Bonchev–Trinajstić information content (AvgIpc) is 2.74. The Morgan fingerprint density at radius 1 is 1.11 bits per heavy atom. The normalized spacial score (nSPS) is 17.6. The van der Waals surface area contributed by atoms with Crippen LogP contribution < -0.4 is 5.56 Å². The Morgan fingerprint density at radius 2 is 1.93 bits per heavy atom. The van der Waals surface area contributed by atoms with Crippen LogP contribution in [0.2, 0.25) is 0 Å². The van der Waals surface area contributed by atoms with Crippen LogP contribution in [0.15, 0.2) is 34.6 Å². The summed E-state index contributed by atoms with van der Waals surface area (Å²) in [6.07, 6.45) is 11.2. The van der Waals surface area contributed by atoms with Crippen LogP contribution in [0.1, 0.15) is 61.7 Å². The maximum Gasteiger partial charge on any atom is 0.262 e. The van der Waals surface area contributed by atoms with Crippen LogP contribution in [0.4, 0.5) is 0 Å². The Balaban J connectivity index is 1.60. The number of carbonyl (C=O) groups excluding carboxylic acids is 1. The van der Waals surface area contributed by atoms with Gasteiger partial charge >= 0.3 is 0 Å². The maximum absolute atomic E-state index is 13.0. The molecule has 5 nitrogen and oxygen atoms in total. The largest absolute Gasteiger partial charge is 0.339 e. The Hall–Kier alpha value is -2.21. The highest BCUT2D eigenvalue weighted by atomic mass is 32.1. The summed E-state index contributed by atoms with van der Waals surface area (Å²) in [6.45, 7) is 2.22. The van der Waals surface area contributed by atoms with Crippen molar-refractivity contribution in [2.24, 2.45) is 0 Å². The first-order valence-corrected chi connectivity index (χ1v) is 10.8. The summed E-state index contributed by atoms with van der Waals surface area (Å²) in [5.41, 5.74) is 2.61. The summed E-state index contributed by atoms with van der Waals surface area (Å²) in [4.78, 5) is 30.8. The van der Waals surface area contributed by atoms with Gasteiger partial charge in [0.05, 0.1) is 10.9 Å². The van der Waals surface area contributed by atoms with Gasteiger partial charge in [0, 0.05) is 25.2 Å². The van der Waals surface area contributed by atoms with Crippen molar-refractivity contribution in [3.8, 4) is 0 Å². The van der Waals surface area contributed by atoms with Crippen LogP contribution in [0.25, 0.3) is 10.9 Å². The van der Waals surface area contributed by atoms with Crippen molar-refractivity contribution in [3.63, 3.8) is 0 Å². The van der Waals surface area contributed by atoms with Crippen molar-refractivity contribution in [1.82, 2.24) is 14.5 Å². The third kappa shape index (κ3) is 3.97. The monoisotopic (exact) mass is 397 g/mol. The number of likely N-dealkylation sites (tertiary alicyclic amines) is 1. The van der Waals surface area contributed by atoms with E-state index in [9.17, 15) is 9.59 Å². The number of nitrogens with one attached hydrogen (secondary N) is 1. The van der Waals surface area contributed by atoms with Crippen LogP contribution in [-0.2, 0) is 6.54 Å². The van der Waals surface area contributed by atoms with E-state index in [2.05, 4.69) is 11.1 Å². The second kappa shape index (κ2) is 8.43. The number of aromatic amines is 1. The van der Waals surface area contributed by atoms with E-state index in [0.29, 0.717) is 27.8 Å². The molecule has 1 aliphatic heterocycles. The summed E-state index contributed by atoms with van der Waals surface area (Å²) < 4.78 is 2.08. The van der Waals surface area contributed by atoms with E-state index >= 15 is 0 Å². The zero-order chi connectivity index (χ0) is 19.5. The molecule has 0 radical (unpaired) electrons. The van der Waals surface area contributed by atoms with Crippen molar-refractivity contribution in [2.75, 3.05) is 13.1 Å². The van der Waals surface area contributed by atoms with Crippen LogP contribution in [0, 0.1) is 4.77 Å². The Kier molecular flexibility index (Phi) is 5.76. The van der Waals surface area contributed by atoms with Gasteiger partial charge in [-0.05, 0) is 81.8 Å². The summed E-state index contributed by atoms with van der Waals surface area (Å²) in [5.74, 6) is 0.0364. The number of hydrogen-bond donors (Lipinski definition) is 1. The third-order valence-electron chi connectivity index (χ3n) is 5.91. The molecule has 28 heavy (non-hydrogen) atoms. The Bertz CT molecular complexity index is 1030. The van der Waals surface area contributed by atoms with E-state index in [4.69, 9.17) is 12.2 Å². The molecule has 0 spiro atoms. The first-order valence-electron chi connectivity index (χ1n) is 10.4. The van der Waals surface area contributed by atoms with Gasteiger partial charge in [0.1, 0.15) is 0 Å². The lowest BCUT2D eigenvalue weighted by atomic mass is 9.97. The molecule has 1 amide bonds. The van der Waals surface area contributed by atoms with E-state index in [1.807, 2.05) is 4.90 Å². The van der Waals surface area contributed by atoms with Gasteiger partial charge in [0.2, 0.25) is 0 Å². The third-order valence-corrected chi connectivity index (χ3v) is 6.24. The second-order valence-electron chi connectivity index (χ2n) is 7.86. The molecule has 6 heteroatoms. The number of H-pyrrole nitrogens is 1. The standard InChI is InChI=1S/C22H27N3O2S/c26-20(24-12-5-2-6-13-24)17-9-10-18-19(15-17)23-22(28)25(21(18)27)14-11-16-7-3-1-4-8-16/h7,9-10,15H,1-6,8,11-14H2,(H,23,28). The van der Waals surface area contributed by atoms with Crippen molar-refractivity contribution in [3.05, 3.63) is 50.5 Å². The fourth-order valence-corrected chi connectivity index (χ4v) is 4.54. The molecule has 0 unspecified atom stereocenters. The summed E-state index contributed by atoms with van der Waals surface area (Å²) in [5, 5.41) is 0.585. The summed E-state index contributed by atoms with van der Waals surface area (Å²) >= 11 is 5.46. The maximum atomic E-state index is 13.0. The van der Waals surface area contributed by atoms with E-state index in [-0.39, 0.29) is 11.5 Å². The van der Waals surface area contributed by atoms with Gasteiger partial charge in [0.25, 0.3) is 11.5 Å². The van der Waals surface area contributed by atoms with Gasteiger partial charge in [-0.1, -0.05) is 11.6 Å².